The highest BCUT2D eigenvalue weighted by molar-refractivity contribution is 7.99. The summed E-state index contributed by atoms with van der Waals surface area (Å²) in [5.74, 6) is -1.13. The number of urea groups is 1. The molecule has 7 heteroatoms. The molecule has 2 amide bonds. The molecule has 1 aliphatic rings. The topological polar surface area (TPSA) is 98.7 Å². The van der Waals surface area contributed by atoms with Gasteiger partial charge in [0, 0.05) is 24.3 Å². The van der Waals surface area contributed by atoms with Gasteiger partial charge < -0.3 is 20.8 Å². The Labute approximate surface area is 117 Å². The molecule has 3 atom stereocenters. The van der Waals surface area contributed by atoms with Crippen molar-refractivity contribution in [1.82, 2.24) is 10.6 Å². The lowest BCUT2D eigenvalue weighted by molar-refractivity contribution is -0.139. The summed E-state index contributed by atoms with van der Waals surface area (Å²) < 4.78 is 0. The maximum Gasteiger partial charge on any atom is 0.326 e. The van der Waals surface area contributed by atoms with Crippen molar-refractivity contribution in [2.24, 2.45) is 0 Å². The second kappa shape index (κ2) is 8.27. The predicted octanol–water partition coefficient (Wildman–Crippen LogP) is 0.795. The van der Waals surface area contributed by atoms with Crippen LogP contribution in [0.2, 0.25) is 0 Å². The summed E-state index contributed by atoms with van der Waals surface area (Å²) >= 11 is 1.73. The van der Waals surface area contributed by atoms with Crippen LogP contribution in [-0.2, 0) is 4.79 Å². The van der Waals surface area contributed by atoms with E-state index in [9.17, 15) is 9.59 Å². The molecule has 0 aliphatic heterocycles. The highest BCUT2D eigenvalue weighted by Gasteiger charge is 2.27. The van der Waals surface area contributed by atoms with E-state index in [2.05, 4.69) is 10.6 Å². The minimum absolute atomic E-state index is 0.0133. The molecule has 1 saturated carbocycles. The van der Waals surface area contributed by atoms with Crippen molar-refractivity contribution < 1.29 is 19.8 Å². The van der Waals surface area contributed by atoms with E-state index in [1.54, 1.807) is 11.8 Å². The van der Waals surface area contributed by atoms with Crippen molar-refractivity contribution in [3.8, 4) is 0 Å². The molecular weight excluding hydrogens is 268 g/mol. The summed E-state index contributed by atoms with van der Waals surface area (Å²) in [5, 5.41) is 23.3. The Balaban J connectivity index is 2.46. The number of amides is 2. The van der Waals surface area contributed by atoms with E-state index < -0.39 is 18.0 Å². The third-order valence-corrected chi connectivity index (χ3v) is 4.51. The van der Waals surface area contributed by atoms with Gasteiger partial charge in [-0.2, -0.15) is 11.8 Å². The fourth-order valence-corrected chi connectivity index (χ4v) is 3.23. The Morgan fingerprint density at radius 1 is 1.37 bits per heavy atom. The fraction of sp³-hybridized carbons (Fsp3) is 0.833. The van der Waals surface area contributed by atoms with Crippen molar-refractivity contribution in [3.05, 3.63) is 0 Å². The molecule has 0 aromatic heterocycles. The minimum atomic E-state index is -1.13. The number of hydrogen-bond acceptors (Lipinski definition) is 4. The molecule has 1 fully saturated rings. The van der Waals surface area contributed by atoms with E-state index in [0.29, 0.717) is 5.25 Å². The first-order valence-corrected chi connectivity index (χ1v) is 7.80. The number of carboxylic acid groups (broad SMARTS) is 1. The van der Waals surface area contributed by atoms with Crippen LogP contribution < -0.4 is 10.6 Å². The quantitative estimate of drug-likeness (QED) is 0.580. The van der Waals surface area contributed by atoms with Crippen LogP contribution in [0.25, 0.3) is 0 Å². The molecule has 19 heavy (non-hydrogen) atoms. The van der Waals surface area contributed by atoms with Crippen LogP contribution in [0.15, 0.2) is 0 Å². The molecule has 4 N–H and O–H groups in total. The van der Waals surface area contributed by atoms with Crippen LogP contribution in [0.3, 0.4) is 0 Å². The largest absolute Gasteiger partial charge is 0.480 e. The first-order valence-electron chi connectivity index (χ1n) is 6.52. The van der Waals surface area contributed by atoms with E-state index >= 15 is 0 Å². The maximum absolute atomic E-state index is 11.8. The van der Waals surface area contributed by atoms with Gasteiger partial charge in [-0.15, -0.1) is 0 Å². The molecule has 0 aromatic rings. The summed E-state index contributed by atoms with van der Waals surface area (Å²) in [5.41, 5.74) is 0. The van der Waals surface area contributed by atoms with Crippen LogP contribution in [-0.4, -0.2) is 52.4 Å². The Kier molecular flexibility index (Phi) is 7.01. The number of aliphatic carboxylic acids is 1. The number of carbonyl (C=O) groups is 2. The second-order valence-electron chi connectivity index (χ2n) is 4.69. The first-order chi connectivity index (χ1) is 9.08. The maximum atomic E-state index is 11.8. The van der Waals surface area contributed by atoms with Crippen LogP contribution in [0.4, 0.5) is 4.79 Å². The highest BCUT2D eigenvalue weighted by Crippen LogP contribution is 2.26. The number of hydrogen-bond donors (Lipinski definition) is 4. The van der Waals surface area contributed by atoms with Gasteiger partial charge >= 0.3 is 12.0 Å². The minimum Gasteiger partial charge on any atom is -0.480 e. The van der Waals surface area contributed by atoms with Gasteiger partial charge in [0.1, 0.15) is 6.04 Å². The summed E-state index contributed by atoms with van der Waals surface area (Å²) in [6, 6.07) is -1.42. The molecule has 0 spiro atoms. The lowest BCUT2D eigenvalue weighted by Crippen LogP contribution is -2.52. The van der Waals surface area contributed by atoms with Crippen molar-refractivity contribution in [3.63, 3.8) is 0 Å². The summed E-state index contributed by atoms with van der Waals surface area (Å²) in [7, 11) is 0. The molecule has 1 aliphatic carbocycles. The number of carbonyl (C=O) groups excluding carboxylic acids is 1. The van der Waals surface area contributed by atoms with E-state index in [0.717, 1.165) is 19.3 Å². The van der Waals surface area contributed by atoms with E-state index in [1.165, 1.54) is 6.42 Å². The Morgan fingerprint density at radius 2 is 2.05 bits per heavy atom. The van der Waals surface area contributed by atoms with Gasteiger partial charge in [0.25, 0.3) is 0 Å². The first kappa shape index (κ1) is 16.1. The van der Waals surface area contributed by atoms with Gasteiger partial charge in [0.05, 0.1) is 0 Å². The number of rotatable bonds is 6. The third-order valence-electron chi connectivity index (χ3n) is 3.34. The van der Waals surface area contributed by atoms with Crippen LogP contribution in [0.1, 0.15) is 32.1 Å². The lowest BCUT2D eigenvalue weighted by Gasteiger charge is -2.31. The number of nitrogens with one attached hydrogen (secondary N) is 2. The van der Waals surface area contributed by atoms with Crippen molar-refractivity contribution >= 4 is 23.8 Å². The molecular formula is C12H22N2O4S. The molecule has 6 nitrogen and oxygen atoms in total. The molecule has 3 unspecified atom stereocenters. The zero-order valence-electron chi connectivity index (χ0n) is 11.1. The standard InChI is InChI=1S/C12H22N2O4S/c1-19-10-5-3-2-4-8(10)13-12(18)14-9(6-7-15)11(16)17/h8-10,15H,2-7H2,1H3,(H,16,17)(H2,13,14,18). The Bertz CT molecular complexity index is 314. The van der Waals surface area contributed by atoms with Gasteiger partial charge in [-0.3, -0.25) is 0 Å². The van der Waals surface area contributed by atoms with Crippen molar-refractivity contribution in [1.29, 1.82) is 0 Å². The zero-order valence-corrected chi connectivity index (χ0v) is 11.9. The van der Waals surface area contributed by atoms with Crippen LogP contribution in [0.5, 0.6) is 0 Å². The number of aliphatic hydroxyl groups excluding tert-OH is 1. The predicted molar refractivity (Wildman–Crippen MR) is 74.4 cm³/mol. The molecule has 0 bridgehead atoms. The van der Waals surface area contributed by atoms with Gasteiger partial charge in [0.2, 0.25) is 0 Å². The summed E-state index contributed by atoms with van der Waals surface area (Å²) in [6.07, 6.45) is 6.30. The average Bonchev–Trinajstić information content (AvgIpc) is 2.38. The third kappa shape index (κ3) is 5.28. The normalized spacial score (nSPS) is 24.5. The number of carboxylic acids is 1. The van der Waals surface area contributed by atoms with Gasteiger partial charge in [-0.25, -0.2) is 9.59 Å². The summed E-state index contributed by atoms with van der Waals surface area (Å²) in [6.45, 7) is -0.270. The SMILES string of the molecule is CSC1CCCCC1NC(=O)NC(CCO)C(=O)O. The van der Waals surface area contributed by atoms with Crippen LogP contribution >= 0.6 is 11.8 Å². The molecule has 0 heterocycles. The molecule has 0 saturated heterocycles. The van der Waals surface area contributed by atoms with Crippen LogP contribution in [0, 0.1) is 0 Å². The number of thioether (sulfide) groups is 1. The van der Waals surface area contributed by atoms with E-state index in [-0.39, 0.29) is 19.1 Å². The monoisotopic (exact) mass is 290 g/mol. The molecule has 1 rings (SSSR count). The van der Waals surface area contributed by atoms with Gasteiger partial charge in [-0.1, -0.05) is 12.8 Å². The zero-order chi connectivity index (χ0) is 14.3. The van der Waals surface area contributed by atoms with Gasteiger partial charge in [-0.05, 0) is 19.1 Å². The second-order valence-corrected chi connectivity index (χ2v) is 5.76. The van der Waals surface area contributed by atoms with Gasteiger partial charge in [0.15, 0.2) is 0 Å². The van der Waals surface area contributed by atoms with E-state index in [4.69, 9.17) is 10.2 Å². The Morgan fingerprint density at radius 3 is 2.63 bits per heavy atom. The molecule has 0 aromatic carbocycles. The highest BCUT2D eigenvalue weighted by atomic mass is 32.2. The average molecular weight is 290 g/mol. The smallest absolute Gasteiger partial charge is 0.326 e. The lowest BCUT2D eigenvalue weighted by atomic mass is 9.95. The van der Waals surface area contributed by atoms with Crippen molar-refractivity contribution in [2.45, 2.75) is 49.4 Å². The van der Waals surface area contributed by atoms with E-state index in [1.807, 2.05) is 6.26 Å². The summed E-state index contributed by atoms with van der Waals surface area (Å²) in [4.78, 5) is 22.7. The fourth-order valence-electron chi connectivity index (χ4n) is 2.30. The molecule has 0 radical (unpaired) electrons. The number of aliphatic hydroxyl groups is 1. The Hall–Kier alpha value is -0.950. The molecule has 110 valence electrons. The van der Waals surface area contributed by atoms with Crippen molar-refractivity contribution in [2.75, 3.05) is 12.9 Å².